The Bertz CT molecular complexity index is 1120. The lowest BCUT2D eigenvalue weighted by Crippen LogP contribution is -2.43. The third kappa shape index (κ3) is 3.34. The van der Waals surface area contributed by atoms with Gasteiger partial charge >= 0.3 is 0 Å². The van der Waals surface area contributed by atoms with Crippen LogP contribution in [0.1, 0.15) is 18.4 Å². The molecule has 2 aromatic carbocycles. The molecule has 3 heterocycles. The zero-order chi connectivity index (χ0) is 19.7. The van der Waals surface area contributed by atoms with Crippen molar-refractivity contribution in [1.82, 2.24) is 15.0 Å². The number of aromatic nitrogens is 3. The summed E-state index contributed by atoms with van der Waals surface area (Å²) in [5, 5.41) is 12.2. The summed E-state index contributed by atoms with van der Waals surface area (Å²) in [5.74, 6) is 1.54. The average Bonchev–Trinajstić information content (AvgIpc) is 2.80. The van der Waals surface area contributed by atoms with Crippen molar-refractivity contribution in [2.24, 2.45) is 0 Å². The van der Waals surface area contributed by atoms with Crippen LogP contribution in [-0.2, 0) is 5.60 Å². The number of nitrogens with zero attached hydrogens (tertiary/aromatic N) is 4. The minimum Gasteiger partial charge on any atom is -0.385 e. The maximum atomic E-state index is 11.2. The molecule has 4 aromatic rings. The second-order valence-electron chi connectivity index (χ2n) is 7.49. The summed E-state index contributed by atoms with van der Waals surface area (Å²) in [6.45, 7) is 1.46. The Morgan fingerprint density at radius 1 is 0.793 bits per heavy atom. The van der Waals surface area contributed by atoms with Gasteiger partial charge in [0, 0.05) is 24.7 Å². The molecule has 1 aliphatic heterocycles. The molecule has 2 aromatic heterocycles. The number of para-hydroxylation sites is 1. The maximum Gasteiger partial charge on any atom is 0.180 e. The minimum absolute atomic E-state index is 0.628. The van der Waals surface area contributed by atoms with Crippen molar-refractivity contribution in [1.29, 1.82) is 0 Å². The number of hydrogen-bond donors (Lipinski definition) is 1. The largest absolute Gasteiger partial charge is 0.385 e. The Morgan fingerprint density at radius 2 is 1.52 bits per heavy atom. The minimum atomic E-state index is -0.787. The van der Waals surface area contributed by atoms with E-state index in [1.54, 1.807) is 6.20 Å². The topological polar surface area (TPSA) is 62.1 Å². The molecular formula is C24H22N4O. The highest BCUT2D eigenvalue weighted by Gasteiger charge is 2.34. The van der Waals surface area contributed by atoms with Crippen molar-refractivity contribution >= 4 is 16.7 Å². The van der Waals surface area contributed by atoms with E-state index in [-0.39, 0.29) is 0 Å². The van der Waals surface area contributed by atoms with Gasteiger partial charge in [0.25, 0.3) is 0 Å². The van der Waals surface area contributed by atoms with E-state index in [2.05, 4.69) is 16.0 Å². The second kappa shape index (κ2) is 7.26. The Labute approximate surface area is 169 Å². The number of pyridine rings is 1. The van der Waals surface area contributed by atoms with Crippen LogP contribution in [0.2, 0.25) is 0 Å². The normalized spacial score (nSPS) is 16.1. The van der Waals surface area contributed by atoms with Crippen LogP contribution in [-0.4, -0.2) is 33.1 Å². The third-order valence-corrected chi connectivity index (χ3v) is 5.68. The summed E-state index contributed by atoms with van der Waals surface area (Å²) in [6, 6.07) is 23.8. The molecule has 5 rings (SSSR count). The fourth-order valence-corrected chi connectivity index (χ4v) is 4.04. The van der Waals surface area contributed by atoms with Gasteiger partial charge in [0.2, 0.25) is 0 Å². The molecule has 0 aliphatic carbocycles. The molecular weight excluding hydrogens is 360 g/mol. The molecule has 1 fully saturated rings. The first kappa shape index (κ1) is 17.8. The van der Waals surface area contributed by atoms with Gasteiger partial charge < -0.3 is 10.0 Å². The van der Waals surface area contributed by atoms with E-state index in [0.29, 0.717) is 18.7 Å². The Morgan fingerprint density at radius 3 is 2.28 bits per heavy atom. The number of fused-ring (bicyclic) bond motifs is 1. The summed E-state index contributed by atoms with van der Waals surface area (Å²) >= 11 is 0. The number of hydrogen-bond acceptors (Lipinski definition) is 5. The molecule has 5 nitrogen and oxygen atoms in total. The number of aliphatic hydroxyl groups is 1. The van der Waals surface area contributed by atoms with Gasteiger partial charge in [-0.3, -0.25) is 4.98 Å². The van der Waals surface area contributed by atoms with Crippen molar-refractivity contribution in [3.05, 3.63) is 84.6 Å². The number of anilines is 1. The molecule has 0 saturated carbocycles. The molecule has 1 aliphatic rings. The zero-order valence-corrected chi connectivity index (χ0v) is 16.1. The molecule has 0 atom stereocenters. The molecule has 0 spiro atoms. The molecule has 144 valence electrons. The summed E-state index contributed by atoms with van der Waals surface area (Å²) in [4.78, 5) is 16.3. The molecule has 1 N–H and O–H groups in total. The fraction of sp³-hybridized carbons (Fsp3) is 0.208. The Hall–Kier alpha value is -3.31. The molecule has 5 heteroatoms. The van der Waals surface area contributed by atoms with Crippen LogP contribution in [0, 0.1) is 0 Å². The van der Waals surface area contributed by atoms with Crippen LogP contribution in [0.3, 0.4) is 0 Å². The van der Waals surface area contributed by atoms with Crippen LogP contribution in [0.25, 0.3) is 22.4 Å². The highest BCUT2D eigenvalue weighted by molar-refractivity contribution is 5.91. The van der Waals surface area contributed by atoms with Crippen molar-refractivity contribution in [2.45, 2.75) is 18.4 Å². The van der Waals surface area contributed by atoms with Crippen LogP contribution < -0.4 is 4.90 Å². The molecule has 0 amide bonds. The summed E-state index contributed by atoms with van der Waals surface area (Å²) < 4.78 is 0. The van der Waals surface area contributed by atoms with E-state index in [0.717, 1.165) is 41.1 Å². The van der Waals surface area contributed by atoms with E-state index in [9.17, 15) is 5.11 Å². The van der Waals surface area contributed by atoms with Crippen molar-refractivity contribution < 1.29 is 5.11 Å². The summed E-state index contributed by atoms with van der Waals surface area (Å²) in [6.07, 6.45) is 3.08. The monoisotopic (exact) mass is 382 g/mol. The van der Waals surface area contributed by atoms with Crippen LogP contribution in [0.4, 0.5) is 5.82 Å². The number of rotatable bonds is 3. The Kier molecular flexibility index (Phi) is 4.45. The van der Waals surface area contributed by atoms with E-state index < -0.39 is 5.60 Å². The van der Waals surface area contributed by atoms with E-state index in [1.165, 1.54) is 0 Å². The van der Waals surface area contributed by atoms with Crippen molar-refractivity contribution in [3.63, 3.8) is 0 Å². The third-order valence-electron chi connectivity index (χ3n) is 5.68. The lowest BCUT2D eigenvalue weighted by molar-refractivity contribution is 0.0117. The van der Waals surface area contributed by atoms with Gasteiger partial charge in [-0.1, -0.05) is 48.5 Å². The molecule has 1 saturated heterocycles. The first-order valence-corrected chi connectivity index (χ1v) is 9.94. The Balaban J connectivity index is 1.51. The molecule has 29 heavy (non-hydrogen) atoms. The quantitative estimate of drug-likeness (QED) is 0.576. The SMILES string of the molecule is OC1(c2ccccc2)CCN(c2nc(-c3ccccn3)nc3ccccc23)CC1. The lowest BCUT2D eigenvalue weighted by atomic mass is 9.84. The average molecular weight is 382 g/mol. The summed E-state index contributed by atoms with van der Waals surface area (Å²) in [5.41, 5.74) is 1.87. The smallest absolute Gasteiger partial charge is 0.180 e. The van der Waals surface area contributed by atoms with Gasteiger partial charge in [0.1, 0.15) is 11.5 Å². The van der Waals surface area contributed by atoms with E-state index in [1.807, 2.05) is 66.7 Å². The predicted octanol–water partition coefficient (Wildman–Crippen LogP) is 4.18. The van der Waals surface area contributed by atoms with Crippen LogP contribution >= 0.6 is 0 Å². The van der Waals surface area contributed by atoms with Crippen molar-refractivity contribution in [2.75, 3.05) is 18.0 Å². The van der Waals surface area contributed by atoms with Crippen molar-refractivity contribution in [3.8, 4) is 11.5 Å². The van der Waals surface area contributed by atoms with Gasteiger partial charge in [-0.15, -0.1) is 0 Å². The first-order valence-electron chi connectivity index (χ1n) is 9.94. The lowest BCUT2D eigenvalue weighted by Gasteiger charge is -2.39. The van der Waals surface area contributed by atoms with E-state index in [4.69, 9.17) is 9.97 Å². The van der Waals surface area contributed by atoms with Gasteiger partial charge in [-0.05, 0) is 42.7 Å². The fourth-order valence-electron chi connectivity index (χ4n) is 4.04. The number of benzene rings is 2. The maximum absolute atomic E-state index is 11.2. The molecule has 0 unspecified atom stereocenters. The first-order chi connectivity index (χ1) is 14.2. The summed E-state index contributed by atoms with van der Waals surface area (Å²) in [7, 11) is 0. The molecule has 0 bridgehead atoms. The number of piperidine rings is 1. The van der Waals surface area contributed by atoms with Gasteiger partial charge in [0.05, 0.1) is 11.1 Å². The predicted molar refractivity (Wildman–Crippen MR) is 115 cm³/mol. The molecule has 0 radical (unpaired) electrons. The second-order valence-corrected chi connectivity index (χ2v) is 7.49. The standard InChI is InChI=1S/C24H22N4O/c29-24(18-8-2-1-3-9-18)13-16-28(17-14-24)23-19-10-4-5-11-20(19)26-22(27-23)21-12-6-7-15-25-21/h1-12,15,29H,13-14,16-17H2. The van der Waals surface area contributed by atoms with E-state index >= 15 is 0 Å². The highest BCUT2D eigenvalue weighted by atomic mass is 16.3. The van der Waals surface area contributed by atoms with Gasteiger partial charge in [0.15, 0.2) is 5.82 Å². The van der Waals surface area contributed by atoms with Crippen LogP contribution in [0.15, 0.2) is 79.0 Å². The van der Waals surface area contributed by atoms with Gasteiger partial charge in [-0.2, -0.15) is 0 Å². The zero-order valence-electron chi connectivity index (χ0n) is 16.1. The van der Waals surface area contributed by atoms with Crippen LogP contribution in [0.5, 0.6) is 0 Å². The highest BCUT2D eigenvalue weighted by Crippen LogP contribution is 2.36. The van der Waals surface area contributed by atoms with Gasteiger partial charge in [-0.25, -0.2) is 9.97 Å².